The van der Waals surface area contributed by atoms with Gasteiger partial charge in [-0.15, -0.1) is 0 Å². The Labute approximate surface area is 206 Å². The zero-order chi connectivity index (χ0) is 24.2. The maximum atomic E-state index is 10.4. The first-order valence-electron chi connectivity index (χ1n) is 11.8. The summed E-state index contributed by atoms with van der Waals surface area (Å²) >= 11 is 0. The Balaban J connectivity index is 1.49. The number of aromatic nitrogens is 3. The van der Waals surface area contributed by atoms with Crippen LogP contribution in [-0.2, 0) is 7.05 Å². The second kappa shape index (κ2) is 7.82. The third-order valence-corrected chi connectivity index (χ3v) is 6.70. The predicted octanol–water partition coefficient (Wildman–Crippen LogP) is 7.57. The predicted molar refractivity (Wildman–Crippen MR) is 144 cm³/mol. The Hall–Kier alpha value is -4.90. The summed E-state index contributed by atoms with van der Waals surface area (Å²) in [6, 6.07) is 29.9. The molecule has 0 radical (unpaired) electrons. The van der Waals surface area contributed by atoms with Gasteiger partial charge in [-0.2, -0.15) is 0 Å². The van der Waals surface area contributed by atoms with Crippen molar-refractivity contribution >= 4 is 32.7 Å². The highest BCUT2D eigenvalue weighted by Gasteiger charge is 2.18. The standard InChI is InChI=1S/C31H21N3O2/c1-34-18-27(33-31(34)23-11-4-6-12-28(23)35)21-14-24-22-10-5-7-13-29(22)36-30(24)25(15-21)26-16-19-8-2-3-9-20(19)17-32-26/h2-18,35H,1H3. The van der Waals surface area contributed by atoms with Gasteiger partial charge in [-0.3, -0.25) is 4.98 Å². The van der Waals surface area contributed by atoms with Crippen LogP contribution in [0.15, 0.2) is 108 Å². The van der Waals surface area contributed by atoms with E-state index in [9.17, 15) is 5.11 Å². The van der Waals surface area contributed by atoms with E-state index >= 15 is 0 Å². The molecule has 0 bridgehead atoms. The third-order valence-electron chi connectivity index (χ3n) is 6.70. The molecule has 7 aromatic rings. The molecule has 0 saturated carbocycles. The van der Waals surface area contributed by atoms with E-state index < -0.39 is 0 Å². The second-order valence-corrected chi connectivity index (χ2v) is 8.99. The van der Waals surface area contributed by atoms with E-state index in [1.807, 2.05) is 72.5 Å². The maximum absolute atomic E-state index is 10.4. The number of fused-ring (bicyclic) bond motifs is 4. The second-order valence-electron chi connectivity index (χ2n) is 8.99. The molecule has 1 N–H and O–H groups in total. The molecule has 0 aliphatic rings. The Kier molecular flexibility index (Phi) is 4.45. The molecule has 36 heavy (non-hydrogen) atoms. The van der Waals surface area contributed by atoms with Crippen LogP contribution in [0.4, 0.5) is 0 Å². The number of hydrogen-bond acceptors (Lipinski definition) is 4. The van der Waals surface area contributed by atoms with Crippen molar-refractivity contribution in [2.45, 2.75) is 0 Å². The monoisotopic (exact) mass is 467 g/mol. The van der Waals surface area contributed by atoms with Crippen molar-refractivity contribution in [3.8, 4) is 39.7 Å². The van der Waals surface area contributed by atoms with Gasteiger partial charge < -0.3 is 14.1 Å². The molecule has 0 saturated heterocycles. The van der Waals surface area contributed by atoms with Crippen LogP contribution in [0.2, 0.25) is 0 Å². The minimum Gasteiger partial charge on any atom is -0.507 e. The maximum Gasteiger partial charge on any atom is 0.144 e. The lowest BCUT2D eigenvalue weighted by Crippen LogP contribution is -1.90. The Morgan fingerprint density at radius 1 is 0.750 bits per heavy atom. The molecule has 0 atom stereocenters. The van der Waals surface area contributed by atoms with Gasteiger partial charge in [0.25, 0.3) is 0 Å². The van der Waals surface area contributed by atoms with E-state index in [0.29, 0.717) is 11.4 Å². The highest BCUT2D eigenvalue weighted by atomic mass is 16.3. The van der Waals surface area contributed by atoms with E-state index in [-0.39, 0.29) is 5.75 Å². The van der Waals surface area contributed by atoms with Crippen molar-refractivity contribution in [1.29, 1.82) is 0 Å². The largest absolute Gasteiger partial charge is 0.507 e. The van der Waals surface area contributed by atoms with Gasteiger partial charge in [-0.25, -0.2) is 4.98 Å². The van der Waals surface area contributed by atoms with Gasteiger partial charge >= 0.3 is 0 Å². The van der Waals surface area contributed by atoms with Crippen molar-refractivity contribution in [1.82, 2.24) is 14.5 Å². The molecule has 3 aromatic heterocycles. The van der Waals surface area contributed by atoms with Crippen molar-refractivity contribution in [3.63, 3.8) is 0 Å². The first kappa shape index (κ1) is 20.5. The van der Waals surface area contributed by atoms with Crippen molar-refractivity contribution in [2.75, 3.05) is 0 Å². The number of aromatic hydroxyl groups is 1. The number of imidazole rings is 1. The van der Waals surface area contributed by atoms with Gasteiger partial charge in [0.15, 0.2) is 0 Å². The fraction of sp³-hybridized carbons (Fsp3) is 0.0323. The molecular formula is C31H21N3O2. The average Bonchev–Trinajstić information content (AvgIpc) is 3.48. The first-order valence-corrected chi connectivity index (χ1v) is 11.8. The molecule has 4 aromatic carbocycles. The topological polar surface area (TPSA) is 64.1 Å². The number of nitrogens with zero attached hydrogens (tertiary/aromatic N) is 3. The number of furan rings is 1. The zero-order valence-electron chi connectivity index (χ0n) is 19.5. The van der Waals surface area contributed by atoms with Crippen molar-refractivity contribution < 1.29 is 9.52 Å². The number of hydrogen-bond donors (Lipinski definition) is 1. The highest BCUT2D eigenvalue weighted by molar-refractivity contribution is 6.11. The lowest BCUT2D eigenvalue weighted by atomic mass is 10.00. The van der Waals surface area contributed by atoms with Crippen LogP contribution in [-0.4, -0.2) is 19.6 Å². The lowest BCUT2D eigenvalue weighted by Gasteiger charge is -2.07. The van der Waals surface area contributed by atoms with Gasteiger partial charge in [0.2, 0.25) is 0 Å². The van der Waals surface area contributed by atoms with Gasteiger partial charge in [-0.05, 0) is 41.8 Å². The molecule has 0 spiro atoms. The SMILES string of the molecule is Cn1cc(-c2cc(-c3cc4ccccc4cn3)c3oc4ccccc4c3c2)nc1-c1ccccc1O. The molecule has 5 nitrogen and oxygen atoms in total. The molecule has 0 aliphatic carbocycles. The quantitative estimate of drug-likeness (QED) is 0.291. The van der Waals surface area contributed by atoms with Crippen LogP contribution in [0.3, 0.4) is 0 Å². The number of aryl methyl sites for hydroxylation is 1. The molecule has 7 rings (SSSR count). The third kappa shape index (κ3) is 3.17. The molecule has 172 valence electrons. The van der Waals surface area contributed by atoms with Crippen LogP contribution >= 0.6 is 0 Å². The van der Waals surface area contributed by atoms with Gasteiger partial charge in [0.05, 0.1) is 17.0 Å². The smallest absolute Gasteiger partial charge is 0.144 e. The van der Waals surface area contributed by atoms with Crippen LogP contribution < -0.4 is 0 Å². The molecule has 0 aliphatic heterocycles. The fourth-order valence-electron chi connectivity index (χ4n) is 4.91. The summed E-state index contributed by atoms with van der Waals surface area (Å²) in [5, 5.41) is 14.7. The number of para-hydroxylation sites is 2. The van der Waals surface area contributed by atoms with E-state index in [1.54, 1.807) is 6.07 Å². The number of rotatable bonds is 3. The number of benzene rings is 4. The summed E-state index contributed by atoms with van der Waals surface area (Å²) in [5.41, 5.74) is 5.86. The molecule has 3 heterocycles. The van der Waals surface area contributed by atoms with Gasteiger partial charge in [-0.1, -0.05) is 54.6 Å². The molecule has 0 fully saturated rings. The average molecular weight is 468 g/mol. The number of phenolic OH excluding ortho intramolecular Hbond substituents is 1. The first-order chi connectivity index (χ1) is 17.7. The van der Waals surface area contributed by atoms with Crippen molar-refractivity contribution in [2.24, 2.45) is 7.05 Å². The van der Waals surface area contributed by atoms with E-state index in [1.165, 1.54) is 0 Å². The van der Waals surface area contributed by atoms with Crippen LogP contribution in [0, 0.1) is 0 Å². The fourth-order valence-corrected chi connectivity index (χ4v) is 4.91. The molecular weight excluding hydrogens is 446 g/mol. The van der Waals surface area contributed by atoms with Crippen LogP contribution in [0.1, 0.15) is 0 Å². The van der Waals surface area contributed by atoms with Gasteiger partial charge in [0.1, 0.15) is 22.7 Å². The molecule has 5 heteroatoms. The minimum absolute atomic E-state index is 0.204. The van der Waals surface area contributed by atoms with Crippen molar-refractivity contribution in [3.05, 3.63) is 103 Å². The number of pyridine rings is 1. The summed E-state index contributed by atoms with van der Waals surface area (Å²) < 4.78 is 8.30. The Morgan fingerprint density at radius 3 is 2.42 bits per heavy atom. The van der Waals surface area contributed by atoms with E-state index in [0.717, 1.165) is 55.2 Å². The molecule has 0 unspecified atom stereocenters. The van der Waals surface area contributed by atoms with E-state index in [4.69, 9.17) is 14.4 Å². The van der Waals surface area contributed by atoms with Crippen LogP contribution in [0.25, 0.3) is 66.6 Å². The Bertz CT molecular complexity index is 1930. The van der Waals surface area contributed by atoms with Gasteiger partial charge in [0, 0.05) is 46.7 Å². The summed E-state index contributed by atoms with van der Waals surface area (Å²) in [6.07, 6.45) is 3.89. The van der Waals surface area contributed by atoms with Crippen LogP contribution in [0.5, 0.6) is 5.75 Å². The lowest BCUT2D eigenvalue weighted by molar-refractivity contribution is 0.476. The summed E-state index contributed by atoms with van der Waals surface area (Å²) in [5.74, 6) is 0.903. The normalized spacial score (nSPS) is 11.6. The summed E-state index contributed by atoms with van der Waals surface area (Å²) in [7, 11) is 1.94. The molecule has 0 amide bonds. The number of phenols is 1. The summed E-state index contributed by atoms with van der Waals surface area (Å²) in [6.45, 7) is 0. The zero-order valence-corrected chi connectivity index (χ0v) is 19.5. The Morgan fingerprint density at radius 2 is 1.53 bits per heavy atom. The van der Waals surface area contributed by atoms with E-state index in [2.05, 4.69) is 36.4 Å². The minimum atomic E-state index is 0.204. The highest BCUT2D eigenvalue weighted by Crippen LogP contribution is 2.40. The summed E-state index contributed by atoms with van der Waals surface area (Å²) in [4.78, 5) is 9.71.